The van der Waals surface area contributed by atoms with Gasteiger partial charge in [-0.2, -0.15) is 4.37 Å². The maximum atomic E-state index is 11.8. The van der Waals surface area contributed by atoms with Crippen molar-refractivity contribution in [2.75, 3.05) is 5.32 Å². The van der Waals surface area contributed by atoms with E-state index in [1.54, 1.807) is 6.92 Å². The molecule has 0 aliphatic carbocycles. The van der Waals surface area contributed by atoms with E-state index in [2.05, 4.69) is 14.7 Å². The molecule has 0 aliphatic rings. The zero-order valence-corrected chi connectivity index (χ0v) is 10.3. The molecule has 0 bridgehead atoms. The van der Waals surface area contributed by atoms with E-state index in [1.807, 2.05) is 0 Å². The van der Waals surface area contributed by atoms with Crippen molar-refractivity contribution in [2.24, 2.45) is 0 Å². The van der Waals surface area contributed by atoms with Crippen molar-refractivity contribution in [3.05, 3.63) is 34.6 Å². The number of aryl methyl sites for hydroxylation is 1. The molecule has 17 heavy (non-hydrogen) atoms. The van der Waals surface area contributed by atoms with Crippen molar-refractivity contribution in [2.45, 2.75) is 6.92 Å². The van der Waals surface area contributed by atoms with Crippen LogP contribution in [0.25, 0.3) is 0 Å². The summed E-state index contributed by atoms with van der Waals surface area (Å²) in [5.74, 6) is 0.201. The van der Waals surface area contributed by atoms with Gasteiger partial charge in [0.2, 0.25) is 5.13 Å². The van der Waals surface area contributed by atoms with Gasteiger partial charge in [0.25, 0.3) is 5.91 Å². The maximum absolute atomic E-state index is 11.8. The number of phenolic OH excluding ortho intramolecular Hbond substituents is 1. The highest BCUT2D eigenvalue weighted by Crippen LogP contribution is 2.24. The van der Waals surface area contributed by atoms with E-state index in [1.165, 1.54) is 18.2 Å². The van der Waals surface area contributed by atoms with E-state index in [0.29, 0.717) is 16.5 Å². The summed E-state index contributed by atoms with van der Waals surface area (Å²) in [6.45, 7) is 1.74. The second-order valence-corrected chi connectivity index (χ2v) is 4.43. The van der Waals surface area contributed by atoms with Crippen molar-refractivity contribution in [3.63, 3.8) is 0 Å². The Morgan fingerprint density at radius 2 is 2.29 bits per heavy atom. The largest absolute Gasteiger partial charge is 0.506 e. The number of nitrogens with one attached hydrogen (secondary N) is 1. The molecule has 0 saturated carbocycles. The highest BCUT2D eigenvalue weighted by Gasteiger charge is 2.10. The third-order valence-electron chi connectivity index (χ3n) is 1.96. The Balaban J connectivity index is 2.17. The normalized spacial score (nSPS) is 10.2. The van der Waals surface area contributed by atoms with Gasteiger partial charge >= 0.3 is 0 Å². The van der Waals surface area contributed by atoms with Crippen LogP contribution in [0.3, 0.4) is 0 Å². The van der Waals surface area contributed by atoms with Crippen LogP contribution in [-0.2, 0) is 0 Å². The summed E-state index contributed by atoms with van der Waals surface area (Å²) in [6, 6.07) is 4.23. The zero-order valence-electron chi connectivity index (χ0n) is 8.77. The molecule has 2 rings (SSSR count). The van der Waals surface area contributed by atoms with E-state index in [-0.39, 0.29) is 16.7 Å². The van der Waals surface area contributed by atoms with E-state index < -0.39 is 0 Å². The number of amides is 1. The Bertz CT molecular complexity index is 570. The molecule has 0 aliphatic heterocycles. The van der Waals surface area contributed by atoms with Crippen LogP contribution in [-0.4, -0.2) is 20.4 Å². The molecule has 1 aromatic heterocycles. The molecule has 0 spiro atoms. The number of hydrogen-bond acceptors (Lipinski definition) is 5. The van der Waals surface area contributed by atoms with Crippen molar-refractivity contribution < 1.29 is 9.90 Å². The fraction of sp³-hybridized carbons (Fsp3) is 0.100. The molecule has 0 fully saturated rings. The summed E-state index contributed by atoms with van der Waals surface area (Å²) < 4.78 is 3.94. The number of nitrogens with zero attached hydrogens (tertiary/aromatic N) is 2. The van der Waals surface area contributed by atoms with Crippen LogP contribution in [0.15, 0.2) is 18.2 Å². The lowest BCUT2D eigenvalue weighted by atomic mass is 10.2. The number of aromatic hydroxyl groups is 1. The lowest BCUT2D eigenvalue weighted by molar-refractivity contribution is 0.102. The van der Waals surface area contributed by atoms with Gasteiger partial charge in [-0.25, -0.2) is 4.98 Å². The minimum atomic E-state index is -0.344. The highest BCUT2D eigenvalue weighted by atomic mass is 35.5. The maximum Gasteiger partial charge on any atom is 0.257 e. The number of rotatable bonds is 2. The molecule has 1 aromatic carbocycles. The molecule has 5 nitrogen and oxygen atoms in total. The van der Waals surface area contributed by atoms with Crippen LogP contribution in [0.1, 0.15) is 16.2 Å². The highest BCUT2D eigenvalue weighted by molar-refractivity contribution is 7.09. The average Bonchev–Trinajstić information content (AvgIpc) is 2.68. The van der Waals surface area contributed by atoms with E-state index in [9.17, 15) is 9.90 Å². The fourth-order valence-corrected chi connectivity index (χ4v) is 1.92. The summed E-state index contributed by atoms with van der Waals surface area (Å²) in [6.07, 6.45) is 0. The van der Waals surface area contributed by atoms with Crippen LogP contribution in [0.5, 0.6) is 5.75 Å². The first-order chi connectivity index (χ1) is 8.06. The molecule has 1 heterocycles. The smallest absolute Gasteiger partial charge is 0.257 e. The van der Waals surface area contributed by atoms with Gasteiger partial charge in [-0.05, 0) is 25.1 Å². The van der Waals surface area contributed by atoms with Crippen LogP contribution in [0, 0.1) is 6.92 Å². The summed E-state index contributed by atoms with van der Waals surface area (Å²) in [4.78, 5) is 15.8. The molecule has 0 unspecified atom stereocenters. The number of aromatic nitrogens is 2. The molecule has 0 saturated heterocycles. The number of phenols is 1. The third kappa shape index (κ3) is 2.72. The summed E-state index contributed by atoms with van der Waals surface area (Å²) >= 11 is 6.81. The number of halogens is 1. The van der Waals surface area contributed by atoms with Crippen molar-refractivity contribution in [3.8, 4) is 5.75 Å². The van der Waals surface area contributed by atoms with Crippen molar-refractivity contribution in [1.29, 1.82) is 0 Å². The third-order valence-corrected chi connectivity index (χ3v) is 2.98. The fourth-order valence-electron chi connectivity index (χ4n) is 1.17. The van der Waals surface area contributed by atoms with Gasteiger partial charge < -0.3 is 5.11 Å². The second-order valence-electron chi connectivity index (χ2n) is 3.27. The lowest BCUT2D eigenvalue weighted by Crippen LogP contribution is -2.11. The van der Waals surface area contributed by atoms with Crippen molar-refractivity contribution in [1.82, 2.24) is 9.36 Å². The molecule has 7 heteroatoms. The predicted molar refractivity (Wildman–Crippen MR) is 65.7 cm³/mol. The standard InChI is InChI=1S/C10H8ClN3O2S/c1-5-12-10(17-14-5)13-9(16)6-2-3-8(15)7(11)4-6/h2-4,15H,1H3,(H,12,13,14,16). The number of anilines is 1. The molecule has 1 amide bonds. The Morgan fingerprint density at radius 1 is 1.53 bits per heavy atom. The number of carbonyl (C=O) groups is 1. The minimum Gasteiger partial charge on any atom is -0.506 e. The minimum absolute atomic E-state index is 0.0602. The first-order valence-corrected chi connectivity index (χ1v) is 5.81. The zero-order chi connectivity index (χ0) is 12.4. The molecular weight excluding hydrogens is 262 g/mol. The summed E-state index contributed by atoms with van der Waals surface area (Å²) in [5, 5.41) is 12.4. The Morgan fingerprint density at radius 3 is 2.88 bits per heavy atom. The Kier molecular flexibility index (Phi) is 3.26. The predicted octanol–water partition coefficient (Wildman–Crippen LogP) is 2.46. The lowest BCUT2D eigenvalue weighted by Gasteiger charge is -2.02. The van der Waals surface area contributed by atoms with Crippen LogP contribution >= 0.6 is 23.1 Å². The first kappa shape index (κ1) is 11.8. The molecule has 0 radical (unpaired) electrons. The molecular formula is C10H8ClN3O2S. The average molecular weight is 270 g/mol. The van der Waals surface area contributed by atoms with Gasteiger partial charge in [0.15, 0.2) is 0 Å². The topological polar surface area (TPSA) is 75.1 Å². The van der Waals surface area contributed by atoms with Gasteiger partial charge in [-0.15, -0.1) is 0 Å². The van der Waals surface area contributed by atoms with Crippen LogP contribution in [0.2, 0.25) is 5.02 Å². The number of carbonyl (C=O) groups excluding carboxylic acids is 1. The van der Waals surface area contributed by atoms with Crippen LogP contribution in [0.4, 0.5) is 5.13 Å². The number of hydrogen-bond donors (Lipinski definition) is 2. The van der Waals surface area contributed by atoms with Crippen molar-refractivity contribution >= 4 is 34.2 Å². The van der Waals surface area contributed by atoms with E-state index >= 15 is 0 Å². The Hall–Kier alpha value is -1.66. The van der Waals surface area contributed by atoms with E-state index in [4.69, 9.17) is 11.6 Å². The molecule has 0 atom stereocenters. The quantitative estimate of drug-likeness (QED) is 0.878. The first-order valence-electron chi connectivity index (χ1n) is 4.66. The van der Waals surface area contributed by atoms with Gasteiger partial charge in [-0.1, -0.05) is 11.6 Å². The molecule has 88 valence electrons. The SMILES string of the molecule is Cc1nsc(NC(=O)c2ccc(O)c(Cl)c2)n1. The summed E-state index contributed by atoms with van der Waals surface area (Å²) in [5.41, 5.74) is 0.348. The Labute approximate surface area is 106 Å². The summed E-state index contributed by atoms with van der Waals surface area (Å²) in [7, 11) is 0. The monoisotopic (exact) mass is 269 g/mol. The van der Waals surface area contributed by atoms with Crippen LogP contribution < -0.4 is 5.32 Å². The second kappa shape index (κ2) is 4.68. The van der Waals surface area contributed by atoms with Gasteiger partial charge in [0.05, 0.1) is 5.02 Å². The van der Waals surface area contributed by atoms with Gasteiger partial charge in [0.1, 0.15) is 11.6 Å². The molecule has 2 aromatic rings. The van der Waals surface area contributed by atoms with E-state index in [0.717, 1.165) is 11.5 Å². The number of benzene rings is 1. The van der Waals surface area contributed by atoms with Gasteiger partial charge in [0, 0.05) is 17.1 Å². The van der Waals surface area contributed by atoms with Gasteiger partial charge in [-0.3, -0.25) is 10.1 Å². The molecule has 2 N–H and O–H groups in total.